The fourth-order valence-electron chi connectivity index (χ4n) is 12.0. The number of fused-ring (bicyclic) bond motifs is 2. The van der Waals surface area contributed by atoms with Crippen molar-refractivity contribution in [3.63, 3.8) is 0 Å². The standard InChI is InChI=1S/C34H47NO8/c1-5-21(37)13-19-9-7-8-10-22(19)30(38)43-31-12-11-20(17-36)33-26(31)15-24(28(33)35(6-2)18-31)32(39)16-25(41-3)23-14-27(33)34(32,40)29(23)42-4/h7-10,20,23-29,36,39-40H,5-6,11-18H2,1-4H3/t20-,23-,24+,25+,26?,27?,28?,29+,31-,32+,33+,34+/m1/s1. The van der Waals surface area contributed by atoms with Gasteiger partial charge in [-0.15, -0.1) is 0 Å². The molecule has 3 N–H and O–H groups in total. The Morgan fingerprint density at radius 1 is 1.07 bits per heavy atom. The molecule has 1 saturated heterocycles. The first kappa shape index (κ1) is 29.8. The van der Waals surface area contributed by atoms with E-state index in [1.165, 1.54) is 0 Å². The van der Waals surface area contributed by atoms with E-state index in [4.69, 9.17) is 14.2 Å². The molecule has 7 rings (SSSR count). The Bertz CT molecular complexity index is 1300. The number of piperidine rings is 1. The Balaban J connectivity index is 1.36. The predicted octanol–water partition coefficient (Wildman–Crippen LogP) is 2.38. The van der Waals surface area contributed by atoms with Crippen molar-refractivity contribution in [2.45, 2.75) is 93.8 Å². The van der Waals surface area contributed by atoms with E-state index in [0.717, 1.165) is 0 Å². The molecular weight excluding hydrogens is 550 g/mol. The maximum atomic E-state index is 14.1. The summed E-state index contributed by atoms with van der Waals surface area (Å²) in [4.78, 5) is 28.9. The molecular formula is C34H47NO8. The number of hydrogen-bond donors (Lipinski definition) is 3. The number of carbonyl (C=O) groups is 2. The number of likely N-dealkylation sites (N-methyl/N-ethyl adjacent to an activating group) is 1. The van der Waals surface area contributed by atoms with Gasteiger partial charge in [-0.2, -0.15) is 0 Å². The molecule has 1 aromatic rings. The molecule has 7 bridgehead atoms. The van der Waals surface area contributed by atoms with Gasteiger partial charge < -0.3 is 29.5 Å². The van der Waals surface area contributed by atoms with Gasteiger partial charge in [0, 0.05) is 81.8 Å². The van der Waals surface area contributed by atoms with E-state index in [1.54, 1.807) is 26.4 Å². The molecule has 0 aromatic heterocycles. The number of carbonyl (C=O) groups excluding carboxylic acids is 2. The van der Waals surface area contributed by atoms with Crippen LogP contribution in [0.1, 0.15) is 68.3 Å². The second-order valence-electron chi connectivity index (χ2n) is 14.3. The molecule has 1 heterocycles. The first-order valence-electron chi connectivity index (χ1n) is 16.3. The number of likely N-dealkylation sites (tertiary alicyclic amines) is 1. The molecule has 43 heavy (non-hydrogen) atoms. The lowest BCUT2D eigenvalue weighted by molar-refractivity contribution is -0.333. The Kier molecular flexibility index (Phi) is 6.97. The Morgan fingerprint density at radius 2 is 1.84 bits per heavy atom. The molecule has 0 amide bonds. The third-order valence-electron chi connectivity index (χ3n) is 13.4. The average molecular weight is 598 g/mol. The maximum Gasteiger partial charge on any atom is 0.339 e. The summed E-state index contributed by atoms with van der Waals surface area (Å²) in [7, 11) is 3.29. The highest BCUT2D eigenvalue weighted by atomic mass is 16.6. The molecule has 12 atom stereocenters. The third-order valence-corrected chi connectivity index (χ3v) is 13.4. The van der Waals surface area contributed by atoms with Gasteiger partial charge >= 0.3 is 5.97 Å². The number of rotatable bonds is 9. The largest absolute Gasteiger partial charge is 0.454 e. The molecule has 6 fully saturated rings. The Morgan fingerprint density at radius 3 is 2.51 bits per heavy atom. The lowest BCUT2D eigenvalue weighted by atomic mass is 9.42. The van der Waals surface area contributed by atoms with Gasteiger partial charge in [-0.05, 0) is 49.8 Å². The van der Waals surface area contributed by atoms with Gasteiger partial charge in [-0.25, -0.2) is 4.79 Å². The van der Waals surface area contributed by atoms with Crippen LogP contribution in [-0.2, 0) is 25.4 Å². The minimum Gasteiger partial charge on any atom is -0.454 e. The highest BCUT2D eigenvalue weighted by Gasteiger charge is 2.88. The van der Waals surface area contributed by atoms with E-state index in [0.29, 0.717) is 62.7 Å². The number of aliphatic hydroxyl groups is 3. The summed E-state index contributed by atoms with van der Waals surface area (Å²) in [5.74, 6) is -1.35. The van der Waals surface area contributed by atoms with Gasteiger partial charge in [-0.1, -0.05) is 32.0 Å². The van der Waals surface area contributed by atoms with Crippen molar-refractivity contribution in [2.24, 2.45) is 35.0 Å². The van der Waals surface area contributed by atoms with E-state index >= 15 is 0 Å². The molecule has 0 radical (unpaired) electrons. The fourth-order valence-corrected chi connectivity index (χ4v) is 12.0. The first-order chi connectivity index (χ1) is 20.6. The van der Waals surface area contributed by atoms with E-state index in [-0.39, 0.29) is 60.5 Å². The summed E-state index contributed by atoms with van der Waals surface area (Å²) in [6.45, 7) is 5.15. The van der Waals surface area contributed by atoms with Crippen LogP contribution in [-0.4, -0.2) is 101 Å². The van der Waals surface area contributed by atoms with Crippen LogP contribution in [0.2, 0.25) is 0 Å². The number of esters is 1. The number of aliphatic hydroxyl groups excluding tert-OH is 1. The second kappa shape index (κ2) is 10.1. The quantitative estimate of drug-likeness (QED) is 0.368. The van der Waals surface area contributed by atoms with Crippen LogP contribution >= 0.6 is 0 Å². The van der Waals surface area contributed by atoms with Gasteiger partial charge in [0.15, 0.2) is 0 Å². The minimum atomic E-state index is -1.50. The molecule has 9 heteroatoms. The monoisotopic (exact) mass is 597 g/mol. The number of methoxy groups -OCH3 is 2. The van der Waals surface area contributed by atoms with Crippen molar-refractivity contribution in [3.05, 3.63) is 35.4 Å². The highest BCUT2D eigenvalue weighted by Crippen LogP contribution is 2.80. The molecule has 1 spiro atoms. The number of ether oxygens (including phenoxy) is 3. The van der Waals surface area contributed by atoms with Gasteiger partial charge in [0.2, 0.25) is 0 Å². The summed E-state index contributed by atoms with van der Waals surface area (Å²) in [5.41, 5.74) is -3.27. The average Bonchev–Trinajstić information content (AvgIpc) is 3.43. The Labute approximate surface area is 253 Å². The highest BCUT2D eigenvalue weighted by molar-refractivity contribution is 5.93. The summed E-state index contributed by atoms with van der Waals surface area (Å²) < 4.78 is 18.7. The molecule has 5 aliphatic carbocycles. The summed E-state index contributed by atoms with van der Waals surface area (Å²) in [6.07, 6.45) is 2.56. The lowest BCUT2D eigenvalue weighted by Gasteiger charge is -2.71. The molecule has 1 aliphatic heterocycles. The third kappa shape index (κ3) is 3.50. The van der Waals surface area contributed by atoms with Crippen LogP contribution < -0.4 is 0 Å². The molecule has 6 aliphatic rings. The summed E-state index contributed by atoms with van der Waals surface area (Å²) >= 11 is 0. The van der Waals surface area contributed by atoms with E-state index in [1.807, 2.05) is 19.1 Å². The number of hydrogen-bond acceptors (Lipinski definition) is 9. The normalized spacial score (nSPS) is 47.4. The smallest absolute Gasteiger partial charge is 0.339 e. The van der Waals surface area contributed by atoms with Crippen LogP contribution in [0.4, 0.5) is 0 Å². The number of nitrogens with zero attached hydrogens (tertiary/aromatic N) is 1. The molecule has 9 nitrogen and oxygen atoms in total. The fraction of sp³-hybridized carbons (Fsp3) is 0.765. The van der Waals surface area contributed by atoms with Crippen molar-refractivity contribution in [2.75, 3.05) is 33.9 Å². The van der Waals surface area contributed by atoms with Crippen molar-refractivity contribution >= 4 is 11.8 Å². The first-order valence-corrected chi connectivity index (χ1v) is 16.3. The SMILES string of the molecule is CCC(=O)Cc1ccccc1C(=O)O[C@@]12CC[C@H](CO)[C@]34C([C@H](CC13)[C@@]1(O)C[C@H](OC)[C@H]3CC4[C@]1(O)[C@H]3OC)N(CC)C2. The van der Waals surface area contributed by atoms with Gasteiger partial charge in [0.05, 0.1) is 17.8 Å². The zero-order chi connectivity index (χ0) is 30.5. The van der Waals surface area contributed by atoms with Crippen molar-refractivity contribution in [3.8, 4) is 0 Å². The topological polar surface area (TPSA) is 126 Å². The van der Waals surface area contributed by atoms with Crippen LogP contribution in [0.25, 0.3) is 0 Å². The van der Waals surface area contributed by atoms with Gasteiger partial charge in [0.1, 0.15) is 22.6 Å². The second-order valence-corrected chi connectivity index (χ2v) is 14.3. The van der Waals surface area contributed by atoms with Crippen LogP contribution in [0.3, 0.4) is 0 Å². The van der Waals surface area contributed by atoms with Crippen molar-refractivity contribution in [1.29, 1.82) is 0 Å². The van der Waals surface area contributed by atoms with Crippen LogP contribution in [0.15, 0.2) is 24.3 Å². The van der Waals surface area contributed by atoms with Gasteiger partial charge in [0.25, 0.3) is 0 Å². The lowest BCUT2D eigenvalue weighted by Crippen LogP contribution is -2.82. The zero-order valence-electron chi connectivity index (χ0n) is 25.8. The van der Waals surface area contributed by atoms with Crippen molar-refractivity contribution in [1.82, 2.24) is 4.90 Å². The molecule has 5 saturated carbocycles. The van der Waals surface area contributed by atoms with E-state index in [2.05, 4.69) is 11.8 Å². The van der Waals surface area contributed by atoms with Crippen LogP contribution in [0, 0.1) is 35.0 Å². The molecule has 1 aromatic carbocycles. The summed E-state index contributed by atoms with van der Waals surface area (Å²) in [6, 6.07) is 7.15. The molecule has 3 unspecified atom stereocenters. The minimum absolute atomic E-state index is 0.0235. The zero-order valence-corrected chi connectivity index (χ0v) is 25.8. The maximum absolute atomic E-state index is 14.1. The number of Topliss-reactive ketones (excluding diaryl/α,β-unsaturated/α-hetero) is 1. The molecule has 236 valence electrons. The van der Waals surface area contributed by atoms with E-state index < -0.39 is 34.3 Å². The Hall–Kier alpha value is -1.88. The van der Waals surface area contributed by atoms with Gasteiger partial charge in [-0.3, -0.25) is 9.69 Å². The number of ketones is 1. The van der Waals surface area contributed by atoms with Crippen LogP contribution in [0.5, 0.6) is 0 Å². The predicted molar refractivity (Wildman–Crippen MR) is 156 cm³/mol. The van der Waals surface area contributed by atoms with E-state index in [9.17, 15) is 24.9 Å². The van der Waals surface area contributed by atoms with Crippen molar-refractivity contribution < 1.29 is 39.1 Å². The number of benzene rings is 1. The summed E-state index contributed by atoms with van der Waals surface area (Å²) in [5, 5.41) is 36.7.